The molecule has 0 aliphatic carbocycles. The van der Waals surface area contributed by atoms with Crippen LogP contribution in [0.2, 0.25) is 0 Å². The number of hydrogen-bond donors (Lipinski definition) is 2. The first-order chi connectivity index (χ1) is 14.3. The van der Waals surface area contributed by atoms with Crippen molar-refractivity contribution in [3.05, 3.63) is 51.2 Å². The SMILES string of the molecule is Cc1cc(C)c(S(=O)(=O)NCCC(=O)NCC(c2cccs2)N2CCCC2)c(C)c1. The molecule has 1 unspecified atom stereocenters. The van der Waals surface area contributed by atoms with E-state index in [-0.39, 0.29) is 24.9 Å². The largest absolute Gasteiger partial charge is 0.354 e. The summed E-state index contributed by atoms with van der Waals surface area (Å²) in [5.41, 5.74) is 2.46. The van der Waals surface area contributed by atoms with E-state index in [9.17, 15) is 13.2 Å². The lowest BCUT2D eigenvalue weighted by atomic mass is 10.1. The Hall–Kier alpha value is -1.74. The zero-order valence-electron chi connectivity index (χ0n) is 17.9. The molecule has 1 amide bonds. The van der Waals surface area contributed by atoms with Crippen LogP contribution in [0.3, 0.4) is 0 Å². The molecular weight excluding hydrogens is 418 g/mol. The summed E-state index contributed by atoms with van der Waals surface area (Å²) in [6.45, 7) is 8.26. The smallest absolute Gasteiger partial charge is 0.241 e. The first kappa shape index (κ1) is 22.9. The van der Waals surface area contributed by atoms with Gasteiger partial charge in [-0.1, -0.05) is 23.8 Å². The molecule has 8 heteroatoms. The molecule has 30 heavy (non-hydrogen) atoms. The number of carbonyl (C=O) groups excluding carboxylic acids is 1. The van der Waals surface area contributed by atoms with Crippen LogP contribution in [0.4, 0.5) is 0 Å². The fraction of sp³-hybridized carbons (Fsp3) is 0.500. The van der Waals surface area contributed by atoms with Crippen molar-refractivity contribution in [1.29, 1.82) is 0 Å². The third-order valence-corrected chi connectivity index (χ3v) is 8.20. The number of carbonyl (C=O) groups is 1. The summed E-state index contributed by atoms with van der Waals surface area (Å²) in [7, 11) is -3.65. The maximum Gasteiger partial charge on any atom is 0.241 e. The summed E-state index contributed by atoms with van der Waals surface area (Å²) in [6.07, 6.45) is 2.49. The fourth-order valence-electron chi connectivity index (χ4n) is 4.20. The van der Waals surface area contributed by atoms with E-state index in [0.29, 0.717) is 22.6 Å². The maximum absolute atomic E-state index is 12.7. The summed E-state index contributed by atoms with van der Waals surface area (Å²) >= 11 is 1.71. The lowest BCUT2D eigenvalue weighted by molar-refractivity contribution is -0.121. The van der Waals surface area contributed by atoms with Gasteiger partial charge < -0.3 is 5.32 Å². The Bertz CT molecular complexity index is 943. The first-order valence-electron chi connectivity index (χ1n) is 10.4. The topological polar surface area (TPSA) is 78.5 Å². The highest BCUT2D eigenvalue weighted by atomic mass is 32.2. The average Bonchev–Trinajstić information content (AvgIpc) is 3.35. The van der Waals surface area contributed by atoms with Gasteiger partial charge >= 0.3 is 0 Å². The van der Waals surface area contributed by atoms with Gasteiger partial charge in [0.15, 0.2) is 0 Å². The monoisotopic (exact) mass is 449 g/mol. The molecule has 2 aromatic rings. The third kappa shape index (κ3) is 5.69. The molecule has 0 saturated carbocycles. The van der Waals surface area contributed by atoms with Crippen LogP contribution in [0.5, 0.6) is 0 Å². The Labute approximate surface area is 183 Å². The number of nitrogens with one attached hydrogen (secondary N) is 2. The molecule has 1 atom stereocenters. The van der Waals surface area contributed by atoms with Crippen LogP contribution in [0.1, 0.15) is 46.9 Å². The van der Waals surface area contributed by atoms with Crippen molar-refractivity contribution in [3.8, 4) is 0 Å². The van der Waals surface area contributed by atoms with Gasteiger partial charge in [-0.25, -0.2) is 13.1 Å². The highest BCUT2D eigenvalue weighted by Crippen LogP contribution is 2.28. The van der Waals surface area contributed by atoms with Gasteiger partial charge in [0, 0.05) is 24.4 Å². The molecule has 1 saturated heterocycles. The molecule has 6 nitrogen and oxygen atoms in total. The summed E-state index contributed by atoms with van der Waals surface area (Å²) in [5, 5.41) is 5.06. The van der Waals surface area contributed by atoms with Gasteiger partial charge in [0.25, 0.3) is 0 Å². The normalized spacial score (nSPS) is 16.0. The van der Waals surface area contributed by atoms with Crippen molar-refractivity contribution in [2.45, 2.75) is 51.0 Å². The number of aryl methyl sites for hydroxylation is 3. The Balaban J connectivity index is 1.53. The van der Waals surface area contributed by atoms with Gasteiger partial charge in [-0.3, -0.25) is 9.69 Å². The fourth-order valence-corrected chi connectivity index (χ4v) is 6.55. The lowest BCUT2D eigenvalue weighted by Gasteiger charge is -2.27. The predicted molar refractivity (Wildman–Crippen MR) is 121 cm³/mol. The highest BCUT2D eigenvalue weighted by molar-refractivity contribution is 7.89. The van der Waals surface area contributed by atoms with Gasteiger partial charge in [-0.05, 0) is 69.3 Å². The number of rotatable bonds is 9. The average molecular weight is 450 g/mol. The zero-order valence-corrected chi connectivity index (χ0v) is 19.5. The quantitative estimate of drug-likeness (QED) is 0.616. The van der Waals surface area contributed by atoms with Crippen LogP contribution in [0, 0.1) is 20.8 Å². The number of sulfonamides is 1. The molecule has 2 heterocycles. The van der Waals surface area contributed by atoms with Gasteiger partial charge in [0.2, 0.25) is 15.9 Å². The second kappa shape index (κ2) is 10.0. The molecule has 1 aromatic heterocycles. The number of benzene rings is 1. The number of nitrogens with zero attached hydrogens (tertiary/aromatic N) is 1. The minimum atomic E-state index is -3.65. The molecule has 164 valence electrons. The van der Waals surface area contributed by atoms with Crippen molar-refractivity contribution in [1.82, 2.24) is 14.9 Å². The molecule has 3 rings (SSSR count). The van der Waals surface area contributed by atoms with Crippen LogP contribution in [-0.4, -0.2) is 45.4 Å². The van der Waals surface area contributed by atoms with Gasteiger partial charge in [0.05, 0.1) is 10.9 Å². The molecule has 0 bridgehead atoms. The van der Waals surface area contributed by atoms with Gasteiger partial charge in [-0.15, -0.1) is 11.3 Å². The Morgan fingerprint density at radius 2 is 1.83 bits per heavy atom. The summed E-state index contributed by atoms with van der Waals surface area (Å²) in [6, 6.07) is 8.05. The first-order valence-corrected chi connectivity index (χ1v) is 12.8. The van der Waals surface area contributed by atoms with Gasteiger partial charge in [-0.2, -0.15) is 0 Å². The van der Waals surface area contributed by atoms with E-state index in [1.807, 2.05) is 25.1 Å². The Morgan fingerprint density at radius 3 is 2.43 bits per heavy atom. The third-order valence-electron chi connectivity index (χ3n) is 5.46. The van der Waals surface area contributed by atoms with Crippen LogP contribution in [0.15, 0.2) is 34.5 Å². The maximum atomic E-state index is 12.7. The second-order valence-electron chi connectivity index (χ2n) is 7.95. The van der Waals surface area contributed by atoms with Gasteiger partial charge in [0.1, 0.15) is 0 Å². The zero-order chi connectivity index (χ0) is 21.7. The molecule has 0 radical (unpaired) electrons. The van der Waals surface area contributed by atoms with Crippen molar-refractivity contribution in [3.63, 3.8) is 0 Å². The van der Waals surface area contributed by atoms with Crippen LogP contribution >= 0.6 is 11.3 Å². The molecule has 0 spiro atoms. The molecule has 2 N–H and O–H groups in total. The van der Waals surface area contributed by atoms with Crippen LogP contribution in [-0.2, 0) is 14.8 Å². The molecule has 1 aliphatic heterocycles. The number of amides is 1. The minimum Gasteiger partial charge on any atom is -0.354 e. The molecular formula is C22H31N3O3S2. The van der Waals surface area contributed by atoms with Crippen molar-refractivity contribution in [2.75, 3.05) is 26.2 Å². The summed E-state index contributed by atoms with van der Waals surface area (Å²) in [5.74, 6) is -0.143. The standard InChI is InChI=1S/C22H31N3O3S2/c1-16-13-17(2)22(18(3)14-16)30(27,28)24-9-8-21(26)23-15-19(20-7-6-12-29-20)25-10-4-5-11-25/h6-7,12-14,19,24H,4-5,8-11,15H2,1-3H3,(H,23,26). The van der Waals surface area contributed by atoms with Crippen molar-refractivity contribution >= 4 is 27.3 Å². The van der Waals surface area contributed by atoms with Crippen LogP contribution in [0.25, 0.3) is 0 Å². The van der Waals surface area contributed by atoms with Crippen molar-refractivity contribution in [2.24, 2.45) is 0 Å². The van der Waals surface area contributed by atoms with E-state index < -0.39 is 10.0 Å². The van der Waals surface area contributed by atoms with E-state index in [0.717, 1.165) is 18.7 Å². The van der Waals surface area contributed by atoms with E-state index in [1.165, 1.54) is 17.7 Å². The number of thiophene rings is 1. The lowest BCUT2D eigenvalue weighted by Crippen LogP contribution is -2.37. The van der Waals surface area contributed by atoms with E-state index in [4.69, 9.17) is 0 Å². The number of hydrogen-bond acceptors (Lipinski definition) is 5. The van der Waals surface area contributed by atoms with Crippen molar-refractivity contribution < 1.29 is 13.2 Å². The predicted octanol–water partition coefficient (Wildman–Crippen LogP) is 3.30. The van der Waals surface area contributed by atoms with Crippen LogP contribution < -0.4 is 10.0 Å². The highest BCUT2D eigenvalue weighted by Gasteiger charge is 2.25. The summed E-state index contributed by atoms with van der Waals surface area (Å²) in [4.78, 5) is 16.3. The number of likely N-dealkylation sites (tertiary alicyclic amines) is 1. The molecule has 1 aromatic carbocycles. The molecule has 1 fully saturated rings. The van der Waals surface area contributed by atoms with E-state index in [1.54, 1.807) is 25.2 Å². The Kier molecular flexibility index (Phi) is 7.68. The minimum absolute atomic E-state index is 0.0777. The summed E-state index contributed by atoms with van der Waals surface area (Å²) < 4.78 is 28.0. The Morgan fingerprint density at radius 1 is 1.17 bits per heavy atom. The van der Waals surface area contributed by atoms with E-state index >= 15 is 0 Å². The molecule has 1 aliphatic rings. The second-order valence-corrected chi connectivity index (χ2v) is 10.6. The van der Waals surface area contributed by atoms with E-state index in [2.05, 4.69) is 26.4 Å².